The van der Waals surface area contributed by atoms with E-state index in [9.17, 15) is 0 Å². The number of epoxide rings is 1. The second-order valence-electron chi connectivity index (χ2n) is 3.78. The van der Waals surface area contributed by atoms with Crippen LogP contribution in [-0.4, -0.2) is 57.8 Å². The highest BCUT2D eigenvalue weighted by Gasteiger charge is 2.45. The first kappa shape index (κ1) is 13.8. The molecule has 1 heterocycles. The van der Waals surface area contributed by atoms with E-state index in [1.165, 1.54) is 0 Å². The summed E-state index contributed by atoms with van der Waals surface area (Å²) in [7, 11) is 0. The van der Waals surface area contributed by atoms with Gasteiger partial charge in [-0.1, -0.05) is 0 Å². The van der Waals surface area contributed by atoms with Gasteiger partial charge < -0.3 is 21.9 Å². The first-order valence-electron chi connectivity index (χ1n) is 5.76. The molecular weight excluding hydrogens is 208 g/mol. The van der Waals surface area contributed by atoms with Crippen LogP contribution in [0.4, 0.5) is 0 Å². The summed E-state index contributed by atoms with van der Waals surface area (Å²) in [6, 6.07) is 0. The smallest absolute Gasteiger partial charge is 0.153 e. The summed E-state index contributed by atoms with van der Waals surface area (Å²) >= 11 is 0. The van der Waals surface area contributed by atoms with Crippen molar-refractivity contribution in [3.05, 3.63) is 0 Å². The molecule has 0 aromatic carbocycles. The van der Waals surface area contributed by atoms with E-state index < -0.39 is 5.79 Å². The molecule has 1 atom stereocenters. The lowest BCUT2D eigenvalue weighted by molar-refractivity contribution is 0.148. The molecule has 0 aromatic rings. The van der Waals surface area contributed by atoms with Crippen LogP contribution in [0.15, 0.2) is 0 Å². The fraction of sp³-hybridized carbons (Fsp3) is 1.00. The molecule has 0 bridgehead atoms. The van der Waals surface area contributed by atoms with Gasteiger partial charge in [-0.05, 0) is 0 Å². The van der Waals surface area contributed by atoms with Crippen molar-refractivity contribution in [2.75, 3.05) is 45.9 Å². The van der Waals surface area contributed by atoms with Gasteiger partial charge in [-0.2, -0.15) is 0 Å². The number of ether oxygens (including phenoxy) is 1. The molecule has 0 aromatic heterocycles. The van der Waals surface area contributed by atoms with Crippen molar-refractivity contribution >= 4 is 0 Å². The van der Waals surface area contributed by atoms with Crippen molar-refractivity contribution in [2.45, 2.75) is 11.9 Å². The third-order valence-corrected chi connectivity index (χ3v) is 2.46. The standard InChI is InChI=1S/C9H24N6O/c10-1-4-13-9(8-7-16-8,14-5-2-11)15-6-3-12/h8,13-15H,1-7,10-12H2. The quantitative estimate of drug-likeness (QED) is 0.172. The topological polar surface area (TPSA) is 127 Å². The fourth-order valence-corrected chi connectivity index (χ4v) is 1.64. The molecule has 7 nitrogen and oxygen atoms in total. The van der Waals surface area contributed by atoms with Gasteiger partial charge in [0.15, 0.2) is 5.79 Å². The molecule has 1 saturated heterocycles. The lowest BCUT2D eigenvalue weighted by atomic mass is 10.2. The predicted molar refractivity (Wildman–Crippen MR) is 63.6 cm³/mol. The molecule has 0 aliphatic carbocycles. The second-order valence-corrected chi connectivity index (χ2v) is 3.78. The Bertz CT molecular complexity index is 165. The largest absolute Gasteiger partial charge is 0.368 e. The van der Waals surface area contributed by atoms with Gasteiger partial charge in [-0.25, -0.2) is 0 Å². The maximum absolute atomic E-state index is 5.51. The number of nitrogens with one attached hydrogen (secondary N) is 3. The van der Waals surface area contributed by atoms with Crippen LogP contribution in [0.2, 0.25) is 0 Å². The van der Waals surface area contributed by atoms with E-state index in [2.05, 4.69) is 16.0 Å². The van der Waals surface area contributed by atoms with Crippen molar-refractivity contribution in [3.8, 4) is 0 Å². The molecule has 9 N–H and O–H groups in total. The molecule has 1 fully saturated rings. The van der Waals surface area contributed by atoms with Gasteiger partial charge in [0.2, 0.25) is 0 Å². The highest BCUT2D eigenvalue weighted by Crippen LogP contribution is 2.19. The molecule has 1 unspecified atom stereocenters. The molecule has 0 amide bonds. The van der Waals surface area contributed by atoms with Crippen LogP contribution < -0.4 is 33.2 Å². The zero-order chi connectivity index (χ0) is 11.9. The second kappa shape index (κ2) is 7.13. The maximum Gasteiger partial charge on any atom is 0.153 e. The van der Waals surface area contributed by atoms with E-state index in [4.69, 9.17) is 21.9 Å². The van der Waals surface area contributed by atoms with Gasteiger partial charge in [0, 0.05) is 39.3 Å². The first-order chi connectivity index (χ1) is 7.79. The molecule has 1 aliphatic rings. The summed E-state index contributed by atoms with van der Waals surface area (Å²) in [5.41, 5.74) is 16.5. The molecule has 7 heteroatoms. The summed E-state index contributed by atoms with van der Waals surface area (Å²) in [4.78, 5) is 0. The van der Waals surface area contributed by atoms with Gasteiger partial charge in [-0.3, -0.25) is 16.0 Å². The van der Waals surface area contributed by atoms with Gasteiger partial charge in [0.25, 0.3) is 0 Å². The van der Waals surface area contributed by atoms with Crippen LogP contribution in [0.5, 0.6) is 0 Å². The van der Waals surface area contributed by atoms with Crippen molar-refractivity contribution in [3.63, 3.8) is 0 Å². The van der Waals surface area contributed by atoms with Gasteiger partial charge in [-0.15, -0.1) is 0 Å². The highest BCUT2D eigenvalue weighted by atomic mass is 16.6. The Morgan fingerprint density at radius 2 is 1.31 bits per heavy atom. The zero-order valence-corrected chi connectivity index (χ0v) is 9.67. The predicted octanol–water partition coefficient (Wildman–Crippen LogP) is -3.32. The third kappa shape index (κ3) is 3.95. The van der Waals surface area contributed by atoms with Crippen molar-refractivity contribution in [1.29, 1.82) is 0 Å². The van der Waals surface area contributed by atoms with E-state index in [0.717, 1.165) is 6.61 Å². The number of hydrogen-bond acceptors (Lipinski definition) is 7. The average molecular weight is 232 g/mol. The molecule has 16 heavy (non-hydrogen) atoms. The maximum atomic E-state index is 5.51. The lowest BCUT2D eigenvalue weighted by Gasteiger charge is -2.35. The Balaban J connectivity index is 2.52. The van der Waals surface area contributed by atoms with Crippen molar-refractivity contribution in [1.82, 2.24) is 16.0 Å². The fourth-order valence-electron chi connectivity index (χ4n) is 1.64. The minimum absolute atomic E-state index is 0.108. The number of hydrogen-bond donors (Lipinski definition) is 6. The summed E-state index contributed by atoms with van der Waals surface area (Å²) < 4.78 is 5.36. The Morgan fingerprint density at radius 1 is 0.938 bits per heavy atom. The zero-order valence-electron chi connectivity index (χ0n) is 9.67. The van der Waals surface area contributed by atoms with E-state index >= 15 is 0 Å². The van der Waals surface area contributed by atoms with Crippen molar-refractivity contribution in [2.24, 2.45) is 17.2 Å². The van der Waals surface area contributed by atoms with Crippen LogP contribution in [0.3, 0.4) is 0 Å². The molecule has 96 valence electrons. The minimum atomic E-state index is -0.446. The molecule has 0 saturated carbocycles. The van der Waals surface area contributed by atoms with E-state index in [1.54, 1.807) is 0 Å². The van der Waals surface area contributed by atoms with Gasteiger partial charge in [0.05, 0.1) is 6.61 Å². The van der Waals surface area contributed by atoms with Crippen LogP contribution >= 0.6 is 0 Å². The minimum Gasteiger partial charge on any atom is -0.368 e. The SMILES string of the molecule is NCCNC(NCCN)(NCCN)C1CO1. The number of nitrogens with two attached hydrogens (primary N) is 3. The van der Waals surface area contributed by atoms with Gasteiger partial charge in [0.1, 0.15) is 6.10 Å². The molecular formula is C9H24N6O. The molecule has 1 aliphatic heterocycles. The van der Waals surface area contributed by atoms with E-state index in [-0.39, 0.29) is 6.10 Å². The van der Waals surface area contributed by atoms with Crippen LogP contribution in [-0.2, 0) is 4.74 Å². The van der Waals surface area contributed by atoms with Crippen LogP contribution in [0.25, 0.3) is 0 Å². The normalized spacial score (nSPS) is 20.1. The molecule has 0 radical (unpaired) electrons. The third-order valence-electron chi connectivity index (χ3n) is 2.46. The average Bonchev–Trinajstić information content (AvgIpc) is 3.13. The summed E-state index contributed by atoms with van der Waals surface area (Å²) in [6.07, 6.45) is 0.108. The number of rotatable bonds is 10. The lowest BCUT2D eigenvalue weighted by Crippen LogP contribution is -2.71. The first-order valence-corrected chi connectivity index (χ1v) is 5.76. The van der Waals surface area contributed by atoms with Crippen molar-refractivity contribution < 1.29 is 4.74 Å². The molecule has 0 spiro atoms. The Morgan fingerprint density at radius 3 is 1.56 bits per heavy atom. The van der Waals surface area contributed by atoms with Crippen LogP contribution in [0, 0.1) is 0 Å². The van der Waals surface area contributed by atoms with E-state index in [1.807, 2.05) is 0 Å². The monoisotopic (exact) mass is 232 g/mol. The highest BCUT2D eigenvalue weighted by molar-refractivity contribution is 4.97. The molecule has 1 rings (SSSR count). The van der Waals surface area contributed by atoms with E-state index in [0.29, 0.717) is 39.3 Å². The van der Waals surface area contributed by atoms with Gasteiger partial charge >= 0.3 is 0 Å². The Hall–Kier alpha value is -0.280. The summed E-state index contributed by atoms with van der Waals surface area (Å²) in [6.45, 7) is 4.56. The Kier molecular flexibility index (Phi) is 6.14. The Labute approximate surface area is 96.4 Å². The summed E-state index contributed by atoms with van der Waals surface area (Å²) in [5, 5.41) is 9.99. The van der Waals surface area contributed by atoms with Crippen LogP contribution in [0.1, 0.15) is 0 Å². The summed E-state index contributed by atoms with van der Waals surface area (Å²) in [5.74, 6) is -0.446.